The minimum Gasteiger partial charge on any atom is -0.266 e. The molecule has 15 heavy (non-hydrogen) atoms. The molecule has 0 aliphatic carbocycles. The van der Waals surface area contributed by atoms with Crippen molar-refractivity contribution in [3.8, 4) is 11.3 Å². The summed E-state index contributed by atoms with van der Waals surface area (Å²) in [5.41, 5.74) is 3.28. The van der Waals surface area contributed by atoms with Crippen molar-refractivity contribution in [2.45, 2.75) is 6.92 Å². The second-order valence-corrected chi connectivity index (χ2v) is 5.09. The molecule has 0 aliphatic rings. The Balaban J connectivity index is 2.58. The van der Waals surface area contributed by atoms with Crippen molar-refractivity contribution < 1.29 is 0 Å². The lowest BCUT2D eigenvalue weighted by Crippen LogP contribution is -1.93. The smallest absolute Gasteiger partial charge is 0.0824 e. The molecule has 2 nitrogen and oxygen atoms in total. The van der Waals surface area contributed by atoms with Gasteiger partial charge in [-0.1, -0.05) is 28.1 Å². The van der Waals surface area contributed by atoms with Crippen LogP contribution in [0.25, 0.3) is 11.3 Å². The quantitative estimate of drug-likeness (QED) is 0.775. The highest BCUT2D eigenvalue weighted by molar-refractivity contribution is 9.10. The number of benzene rings is 1. The first kappa shape index (κ1) is 10.9. The van der Waals surface area contributed by atoms with Crippen molar-refractivity contribution in [1.29, 1.82) is 0 Å². The molecule has 0 amide bonds. The number of aryl methyl sites for hydroxylation is 2. The summed E-state index contributed by atoms with van der Waals surface area (Å²) in [6.45, 7) is 1.99. The van der Waals surface area contributed by atoms with Gasteiger partial charge in [-0.25, -0.2) is 0 Å². The predicted octanol–water partition coefficient (Wildman–Crippen LogP) is 3.92. The van der Waals surface area contributed by atoms with Gasteiger partial charge in [-0.3, -0.25) is 4.68 Å². The Morgan fingerprint density at radius 1 is 1.13 bits per heavy atom. The van der Waals surface area contributed by atoms with Crippen LogP contribution in [-0.4, -0.2) is 9.78 Å². The maximum atomic E-state index is 4.37. The lowest BCUT2D eigenvalue weighted by atomic mass is 10.1. The number of rotatable bonds is 1. The van der Waals surface area contributed by atoms with E-state index in [0.717, 1.165) is 25.9 Å². The fraction of sp³-hybridized carbons (Fsp3) is 0.182. The number of nitrogens with zero attached hydrogens (tertiary/aromatic N) is 2. The Hall–Kier alpha value is -0.610. The van der Waals surface area contributed by atoms with Crippen molar-refractivity contribution in [2.75, 3.05) is 0 Å². The number of aromatic nitrogens is 2. The van der Waals surface area contributed by atoms with Gasteiger partial charge < -0.3 is 0 Å². The topological polar surface area (TPSA) is 17.8 Å². The Morgan fingerprint density at radius 3 is 2.20 bits per heavy atom. The van der Waals surface area contributed by atoms with Crippen LogP contribution in [0.15, 0.2) is 33.2 Å². The van der Waals surface area contributed by atoms with Gasteiger partial charge in [0, 0.05) is 17.1 Å². The molecule has 1 heterocycles. The molecule has 4 heteroatoms. The molecule has 0 saturated carbocycles. The van der Waals surface area contributed by atoms with Crippen molar-refractivity contribution in [3.05, 3.63) is 38.9 Å². The first-order chi connectivity index (χ1) is 7.09. The zero-order chi connectivity index (χ0) is 11.0. The van der Waals surface area contributed by atoms with Gasteiger partial charge in [-0.05, 0) is 35.0 Å². The van der Waals surface area contributed by atoms with E-state index in [1.165, 1.54) is 0 Å². The van der Waals surface area contributed by atoms with E-state index in [4.69, 9.17) is 0 Å². The fourth-order valence-electron chi connectivity index (χ4n) is 1.55. The van der Waals surface area contributed by atoms with Crippen molar-refractivity contribution in [1.82, 2.24) is 9.78 Å². The molecule has 0 N–H and O–H groups in total. The predicted molar refractivity (Wildman–Crippen MR) is 68.8 cm³/mol. The van der Waals surface area contributed by atoms with E-state index in [9.17, 15) is 0 Å². The van der Waals surface area contributed by atoms with Crippen LogP contribution in [0.2, 0.25) is 0 Å². The van der Waals surface area contributed by atoms with Crippen LogP contribution in [-0.2, 0) is 7.05 Å². The summed E-state index contributed by atoms with van der Waals surface area (Å²) >= 11 is 6.99. The van der Waals surface area contributed by atoms with Crippen LogP contribution in [0, 0.1) is 6.92 Å². The Morgan fingerprint density at radius 2 is 1.73 bits per heavy atom. The molecule has 0 spiro atoms. The zero-order valence-electron chi connectivity index (χ0n) is 8.46. The van der Waals surface area contributed by atoms with Crippen molar-refractivity contribution in [3.63, 3.8) is 0 Å². The summed E-state index contributed by atoms with van der Waals surface area (Å²) < 4.78 is 4.04. The minimum atomic E-state index is 1.01. The summed E-state index contributed by atoms with van der Waals surface area (Å²) in [7, 11) is 1.95. The van der Waals surface area contributed by atoms with Gasteiger partial charge >= 0.3 is 0 Å². The van der Waals surface area contributed by atoms with E-state index in [0.29, 0.717) is 0 Å². The zero-order valence-corrected chi connectivity index (χ0v) is 11.6. The molecule has 0 radical (unpaired) electrons. The Bertz CT molecular complexity index is 486. The average Bonchev–Trinajstić information content (AvgIpc) is 2.44. The van der Waals surface area contributed by atoms with Crippen LogP contribution < -0.4 is 0 Å². The van der Waals surface area contributed by atoms with E-state index in [1.54, 1.807) is 0 Å². The van der Waals surface area contributed by atoms with E-state index >= 15 is 0 Å². The monoisotopic (exact) mass is 328 g/mol. The SMILES string of the molecule is Cc1nn(C)c(-c2ccc(Br)cc2)c1Br. The van der Waals surface area contributed by atoms with Crippen molar-refractivity contribution in [2.24, 2.45) is 7.05 Å². The molecule has 0 saturated heterocycles. The van der Waals surface area contributed by atoms with Crippen LogP contribution in [0.3, 0.4) is 0 Å². The molecular weight excluding hydrogens is 320 g/mol. The Labute approximate surface area is 106 Å². The van der Waals surface area contributed by atoms with E-state index in [1.807, 2.05) is 30.8 Å². The third-order valence-corrected chi connectivity index (χ3v) is 3.74. The molecule has 0 aliphatic heterocycles. The lowest BCUT2D eigenvalue weighted by molar-refractivity contribution is 0.764. The van der Waals surface area contributed by atoms with Gasteiger partial charge in [0.1, 0.15) is 0 Å². The summed E-state index contributed by atoms with van der Waals surface area (Å²) in [6.07, 6.45) is 0. The highest BCUT2D eigenvalue weighted by Gasteiger charge is 2.11. The third-order valence-electron chi connectivity index (χ3n) is 2.27. The first-order valence-corrected chi connectivity index (χ1v) is 6.13. The molecule has 0 unspecified atom stereocenters. The van der Waals surface area contributed by atoms with Gasteiger partial charge in [0.2, 0.25) is 0 Å². The molecule has 0 fully saturated rings. The van der Waals surface area contributed by atoms with E-state index in [-0.39, 0.29) is 0 Å². The molecule has 0 atom stereocenters. The van der Waals surface area contributed by atoms with Gasteiger partial charge in [-0.2, -0.15) is 5.10 Å². The molecule has 1 aromatic heterocycles. The first-order valence-electron chi connectivity index (χ1n) is 4.54. The third kappa shape index (κ3) is 2.01. The molecule has 78 valence electrons. The molecule has 0 bridgehead atoms. The van der Waals surface area contributed by atoms with E-state index in [2.05, 4.69) is 49.1 Å². The average molecular weight is 330 g/mol. The Kier molecular flexibility index (Phi) is 2.98. The van der Waals surface area contributed by atoms with Crippen LogP contribution >= 0.6 is 31.9 Å². The molecule has 2 aromatic rings. The molecular formula is C11H10Br2N2. The summed E-state index contributed by atoms with van der Waals surface area (Å²) in [5.74, 6) is 0. The van der Waals surface area contributed by atoms with Crippen LogP contribution in [0.5, 0.6) is 0 Å². The highest BCUT2D eigenvalue weighted by atomic mass is 79.9. The summed E-state index contributed by atoms with van der Waals surface area (Å²) in [5, 5.41) is 4.37. The second-order valence-electron chi connectivity index (χ2n) is 3.38. The van der Waals surface area contributed by atoms with Crippen molar-refractivity contribution >= 4 is 31.9 Å². The number of halogens is 2. The summed E-state index contributed by atoms with van der Waals surface area (Å²) in [6, 6.07) is 8.21. The van der Waals surface area contributed by atoms with Gasteiger partial charge in [0.05, 0.1) is 15.9 Å². The maximum absolute atomic E-state index is 4.37. The normalized spacial score (nSPS) is 10.7. The standard InChI is InChI=1S/C11H10Br2N2/c1-7-10(13)11(15(2)14-7)8-3-5-9(12)6-4-8/h3-6H,1-2H3. The van der Waals surface area contributed by atoms with E-state index < -0.39 is 0 Å². The fourth-order valence-corrected chi connectivity index (χ4v) is 2.38. The minimum absolute atomic E-state index is 1.01. The maximum Gasteiger partial charge on any atom is 0.0824 e. The highest BCUT2D eigenvalue weighted by Crippen LogP contribution is 2.30. The van der Waals surface area contributed by atoms with Gasteiger partial charge in [0.15, 0.2) is 0 Å². The van der Waals surface area contributed by atoms with Crippen LogP contribution in [0.1, 0.15) is 5.69 Å². The number of hydrogen-bond acceptors (Lipinski definition) is 1. The van der Waals surface area contributed by atoms with Gasteiger partial charge in [-0.15, -0.1) is 0 Å². The van der Waals surface area contributed by atoms with Gasteiger partial charge in [0.25, 0.3) is 0 Å². The largest absolute Gasteiger partial charge is 0.266 e. The summed E-state index contributed by atoms with van der Waals surface area (Å²) in [4.78, 5) is 0. The van der Waals surface area contributed by atoms with Crippen LogP contribution in [0.4, 0.5) is 0 Å². The molecule has 2 rings (SSSR count). The second kappa shape index (κ2) is 4.10. The molecule has 1 aromatic carbocycles. The number of hydrogen-bond donors (Lipinski definition) is 0. The lowest BCUT2D eigenvalue weighted by Gasteiger charge is -2.03.